The minimum atomic E-state index is -1.02. The normalized spacial score (nSPS) is 19.1. The van der Waals surface area contributed by atoms with Gasteiger partial charge in [0.2, 0.25) is 0 Å². The van der Waals surface area contributed by atoms with Crippen molar-refractivity contribution in [3.63, 3.8) is 0 Å². The Morgan fingerprint density at radius 1 is 1.06 bits per heavy atom. The number of hydrogen-bond acceptors (Lipinski definition) is 12. The van der Waals surface area contributed by atoms with E-state index in [1.54, 1.807) is 20.8 Å². The number of nitrogens with zero attached hydrogens (tertiary/aromatic N) is 3. The van der Waals surface area contributed by atoms with Gasteiger partial charge in [-0.1, -0.05) is 88.8 Å². The number of thioether (sulfide) groups is 2. The van der Waals surface area contributed by atoms with Crippen LogP contribution in [-0.2, 0) is 28.7 Å². The smallest absolute Gasteiger partial charge is 0.413 e. The molecule has 6 rings (SSSR count). The largest absolute Gasteiger partial charge is 0.448 e. The number of halogens is 2. The van der Waals surface area contributed by atoms with Crippen molar-refractivity contribution in [3.05, 3.63) is 92.4 Å². The summed E-state index contributed by atoms with van der Waals surface area (Å²) in [6, 6.07) is 17.7. The molecule has 2 aromatic carbocycles. The average molecular weight is 819 g/mol. The fourth-order valence-corrected chi connectivity index (χ4v) is 9.53. The fraction of sp³-hybridized carbons (Fsp3) is 0.389. The van der Waals surface area contributed by atoms with Crippen molar-refractivity contribution in [2.24, 2.45) is 5.16 Å². The highest BCUT2D eigenvalue weighted by Gasteiger charge is 2.55. The lowest BCUT2D eigenvalue weighted by molar-refractivity contribution is -0.154. The van der Waals surface area contributed by atoms with Gasteiger partial charge >= 0.3 is 12.1 Å². The molecule has 1 aliphatic carbocycles. The lowest BCUT2D eigenvalue weighted by atomic mass is 10.0. The van der Waals surface area contributed by atoms with E-state index < -0.39 is 47.0 Å². The van der Waals surface area contributed by atoms with E-state index in [-0.39, 0.29) is 37.9 Å². The molecule has 0 bridgehead atoms. The Morgan fingerprint density at radius 2 is 1.70 bits per heavy atom. The van der Waals surface area contributed by atoms with Crippen molar-refractivity contribution >= 4 is 92.8 Å². The molecule has 2 aliphatic heterocycles. The van der Waals surface area contributed by atoms with Gasteiger partial charge < -0.3 is 19.6 Å². The van der Waals surface area contributed by atoms with Gasteiger partial charge in [0, 0.05) is 10.7 Å². The number of carbonyl (C=O) groups is 4. The Bertz CT molecular complexity index is 1860. The van der Waals surface area contributed by atoms with Crippen LogP contribution >= 0.6 is 58.1 Å². The number of carbonyl (C=O) groups excluding carboxylic acids is 4. The van der Waals surface area contributed by atoms with Crippen LogP contribution in [0.2, 0.25) is 4.34 Å². The van der Waals surface area contributed by atoms with E-state index in [4.69, 9.17) is 37.5 Å². The highest BCUT2D eigenvalue weighted by atomic mass is 35.5. The van der Waals surface area contributed by atoms with Gasteiger partial charge in [0.1, 0.15) is 38.8 Å². The second-order valence-electron chi connectivity index (χ2n) is 13.2. The van der Waals surface area contributed by atoms with Crippen LogP contribution in [0, 0.1) is 0 Å². The van der Waals surface area contributed by atoms with E-state index in [0.717, 1.165) is 48.1 Å². The Labute approximate surface area is 329 Å². The molecule has 17 heteroatoms. The van der Waals surface area contributed by atoms with E-state index in [9.17, 15) is 19.2 Å². The number of oxime groups is 1. The highest BCUT2D eigenvalue weighted by molar-refractivity contribution is 8.07. The molecule has 1 saturated heterocycles. The first kappa shape index (κ1) is 38.9. The minimum Gasteiger partial charge on any atom is -0.448 e. The van der Waals surface area contributed by atoms with Gasteiger partial charge in [0.05, 0.1) is 5.21 Å². The second-order valence-corrected chi connectivity index (χ2v) is 17.6. The first-order chi connectivity index (χ1) is 25.4. The van der Waals surface area contributed by atoms with Crippen LogP contribution in [0.15, 0.2) is 76.4 Å². The standard InChI is InChI=1S/C36H37Cl2N5O7S3/c1-36(2,3)49-35(47)41-34-40-24(29(38)53-34)25(42-50-22-16-10-11-17-22)30(44)39-26-31(45)43-27(23(52-19-37)18-51-32(26)43)33(46)48-28(20-12-6-4-7-13-20)21-14-8-5-9-15-21/h4-9,12-15,22,26,28,32H,10-11,16-19H2,1-3H3,(H,39,44)(H,40,41,47). The van der Waals surface area contributed by atoms with E-state index in [1.807, 2.05) is 60.7 Å². The number of rotatable bonds is 12. The fourth-order valence-electron chi connectivity index (χ4n) is 5.92. The Hall–Kier alpha value is -3.76. The number of fused-ring (bicyclic) bond motifs is 1. The molecule has 1 saturated carbocycles. The van der Waals surface area contributed by atoms with Crippen molar-refractivity contribution in [3.8, 4) is 0 Å². The number of esters is 1. The zero-order chi connectivity index (χ0) is 37.7. The third-order valence-corrected chi connectivity index (χ3v) is 12.1. The lowest BCUT2D eigenvalue weighted by Gasteiger charge is -2.49. The Morgan fingerprint density at radius 3 is 2.30 bits per heavy atom. The summed E-state index contributed by atoms with van der Waals surface area (Å²) in [7, 11) is 0. The number of aromatic nitrogens is 1. The number of benzene rings is 2. The van der Waals surface area contributed by atoms with Gasteiger partial charge in [-0.15, -0.1) is 35.1 Å². The van der Waals surface area contributed by atoms with Crippen molar-refractivity contribution in [2.75, 3.05) is 16.3 Å². The molecule has 0 spiro atoms. The number of nitrogens with one attached hydrogen (secondary N) is 2. The first-order valence-corrected chi connectivity index (χ1v) is 20.6. The zero-order valence-electron chi connectivity index (χ0n) is 29.0. The summed E-state index contributed by atoms with van der Waals surface area (Å²) in [6.07, 6.45) is 1.79. The molecule has 2 unspecified atom stereocenters. The Balaban J connectivity index is 1.23. The van der Waals surface area contributed by atoms with Gasteiger partial charge in [-0.25, -0.2) is 14.6 Å². The molecular formula is C36H37Cl2N5O7S3. The average Bonchev–Trinajstić information content (AvgIpc) is 3.78. The van der Waals surface area contributed by atoms with Crippen molar-refractivity contribution in [2.45, 2.75) is 75.7 Å². The van der Waals surface area contributed by atoms with E-state index in [2.05, 4.69) is 20.8 Å². The minimum absolute atomic E-state index is 0.0315. The summed E-state index contributed by atoms with van der Waals surface area (Å²) in [5.74, 6) is -1.61. The summed E-state index contributed by atoms with van der Waals surface area (Å²) in [5.41, 5.74) is 0.568. The molecule has 3 aromatic rings. The van der Waals surface area contributed by atoms with Gasteiger partial charge in [0.15, 0.2) is 16.9 Å². The molecule has 2 atom stereocenters. The lowest BCUT2D eigenvalue weighted by Crippen LogP contribution is -2.71. The number of anilines is 1. The number of alkyl halides is 1. The Kier molecular flexibility index (Phi) is 12.6. The molecule has 53 heavy (non-hydrogen) atoms. The van der Waals surface area contributed by atoms with Crippen molar-refractivity contribution in [1.82, 2.24) is 15.2 Å². The van der Waals surface area contributed by atoms with E-state index >= 15 is 0 Å². The third-order valence-electron chi connectivity index (χ3n) is 8.30. The van der Waals surface area contributed by atoms with E-state index in [0.29, 0.717) is 10.7 Å². The molecular weight excluding hydrogens is 782 g/mol. The molecule has 12 nitrogen and oxygen atoms in total. The van der Waals surface area contributed by atoms with Gasteiger partial charge in [0.25, 0.3) is 11.8 Å². The summed E-state index contributed by atoms with van der Waals surface area (Å²) >= 11 is 16.2. The summed E-state index contributed by atoms with van der Waals surface area (Å²) in [4.78, 5) is 66.4. The summed E-state index contributed by atoms with van der Waals surface area (Å²) in [6.45, 7) is 5.17. The quantitative estimate of drug-likeness (QED) is 0.0613. The predicted octanol–water partition coefficient (Wildman–Crippen LogP) is 7.68. The SMILES string of the molecule is CC(C)(C)OC(=O)Nc1nc(C(=NOC2CCCC2)C(=O)NC2C(=O)N3C(C(=O)OC(c4ccccc4)c4ccccc4)=C(SCCl)CSC23)c(Cl)s1. The zero-order valence-corrected chi connectivity index (χ0v) is 33.0. The number of β-lactam (4-membered cyclic amide) rings is 1. The number of hydrogen-bond donors (Lipinski definition) is 2. The van der Waals surface area contributed by atoms with Crippen molar-refractivity contribution in [1.29, 1.82) is 0 Å². The predicted molar refractivity (Wildman–Crippen MR) is 208 cm³/mol. The van der Waals surface area contributed by atoms with E-state index in [1.165, 1.54) is 28.4 Å². The molecule has 1 aromatic heterocycles. The summed E-state index contributed by atoms with van der Waals surface area (Å²) < 4.78 is 11.5. The van der Waals surface area contributed by atoms with Crippen LogP contribution in [0.4, 0.5) is 9.93 Å². The number of amides is 3. The second kappa shape index (κ2) is 17.1. The molecule has 3 heterocycles. The maximum absolute atomic E-state index is 14.1. The van der Waals surface area contributed by atoms with Crippen LogP contribution in [0.3, 0.4) is 0 Å². The molecule has 280 valence electrons. The van der Waals surface area contributed by atoms with Crippen LogP contribution in [0.1, 0.15) is 69.4 Å². The van der Waals surface area contributed by atoms with Crippen LogP contribution < -0.4 is 10.6 Å². The third kappa shape index (κ3) is 9.31. The monoisotopic (exact) mass is 817 g/mol. The van der Waals surface area contributed by atoms with Crippen LogP contribution in [-0.4, -0.2) is 73.6 Å². The molecule has 2 fully saturated rings. The van der Waals surface area contributed by atoms with Gasteiger partial charge in [-0.3, -0.25) is 19.8 Å². The maximum atomic E-state index is 14.1. The maximum Gasteiger partial charge on any atom is 0.413 e. The van der Waals surface area contributed by atoms with Gasteiger partial charge in [-0.2, -0.15) is 0 Å². The summed E-state index contributed by atoms with van der Waals surface area (Å²) in [5, 5.41) is 9.09. The topological polar surface area (TPSA) is 149 Å². The van der Waals surface area contributed by atoms with Crippen LogP contribution in [0.25, 0.3) is 0 Å². The van der Waals surface area contributed by atoms with Crippen LogP contribution in [0.5, 0.6) is 0 Å². The van der Waals surface area contributed by atoms with Gasteiger partial charge in [-0.05, 0) is 57.6 Å². The first-order valence-electron chi connectivity index (χ1n) is 16.8. The highest BCUT2D eigenvalue weighted by Crippen LogP contribution is 2.45. The molecule has 2 N–H and O–H groups in total. The molecule has 3 amide bonds. The number of thiazole rings is 1. The van der Waals surface area contributed by atoms with Crippen molar-refractivity contribution < 1.29 is 33.5 Å². The number of ether oxygens (including phenoxy) is 2. The molecule has 3 aliphatic rings. The molecule has 0 radical (unpaired) electrons.